The summed E-state index contributed by atoms with van der Waals surface area (Å²) in [5, 5.41) is 4.65. The van der Waals surface area contributed by atoms with E-state index in [9.17, 15) is 0 Å². The van der Waals surface area contributed by atoms with Crippen LogP contribution < -0.4 is 5.32 Å². The molecule has 1 saturated heterocycles. The van der Waals surface area contributed by atoms with Crippen molar-refractivity contribution in [3.05, 3.63) is 41.4 Å². The predicted octanol–water partition coefficient (Wildman–Crippen LogP) is 3.79. The van der Waals surface area contributed by atoms with Gasteiger partial charge in [0, 0.05) is 36.3 Å². The number of unbranched alkanes of at least 4 members (excludes halogenated alkanes) is 1. The van der Waals surface area contributed by atoms with Crippen LogP contribution in [0.3, 0.4) is 0 Å². The number of nitrogens with one attached hydrogen (secondary N) is 1. The van der Waals surface area contributed by atoms with E-state index in [1.807, 2.05) is 12.3 Å². The van der Waals surface area contributed by atoms with Crippen molar-refractivity contribution in [1.29, 1.82) is 0 Å². The highest BCUT2D eigenvalue weighted by atomic mass is 32.1. The molecule has 1 N–H and O–H groups in total. The van der Waals surface area contributed by atoms with Crippen LogP contribution in [-0.4, -0.2) is 48.3 Å². The number of ether oxygens (including phenoxy) is 1. The molecule has 1 aliphatic heterocycles. The summed E-state index contributed by atoms with van der Waals surface area (Å²) >= 11 is 1.78. The van der Waals surface area contributed by atoms with Gasteiger partial charge in [-0.15, -0.1) is 11.3 Å². The van der Waals surface area contributed by atoms with Gasteiger partial charge in [-0.1, -0.05) is 30.3 Å². The molecule has 0 spiro atoms. The highest BCUT2D eigenvalue weighted by Gasteiger charge is 2.21. The average Bonchev–Trinajstić information content (AvgIpc) is 3.07. The molecular formula is C20H29N3OS. The largest absolute Gasteiger partial charge is 0.373 e. The van der Waals surface area contributed by atoms with Crippen LogP contribution in [-0.2, 0) is 11.3 Å². The second-order valence-electron chi connectivity index (χ2n) is 6.90. The Morgan fingerprint density at radius 3 is 2.68 bits per heavy atom. The first kappa shape index (κ1) is 18.5. The van der Waals surface area contributed by atoms with Gasteiger partial charge < -0.3 is 10.1 Å². The van der Waals surface area contributed by atoms with E-state index in [0.29, 0.717) is 12.2 Å². The lowest BCUT2D eigenvalue weighted by Crippen LogP contribution is -2.45. The van der Waals surface area contributed by atoms with Crippen molar-refractivity contribution < 1.29 is 4.74 Å². The quantitative estimate of drug-likeness (QED) is 0.728. The summed E-state index contributed by atoms with van der Waals surface area (Å²) in [7, 11) is 0. The van der Waals surface area contributed by atoms with Crippen LogP contribution in [0, 0.1) is 0 Å². The van der Waals surface area contributed by atoms with E-state index in [2.05, 4.69) is 53.3 Å². The Labute approximate surface area is 155 Å². The second kappa shape index (κ2) is 9.43. The topological polar surface area (TPSA) is 37.4 Å². The van der Waals surface area contributed by atoms with Gasteiger partial charge in [0.25, 0.3) is 0 Å². The van der Waals surface area contributed by atoms with Crippen LogP contribution in [0.4, 0.5) is 0 Å². The highest BCUT2D eigenvalue weighted by Crippen LogP contribution is 2.24. The second-order valence-corrected chi connectivity index (χ2v) is 8.01. The van der Waals surface area contributed by atoms with E-state index >= 15 is 0 Å². The molecule has 136 valence electrons. The van der Waals surface area contributed by atoms with Crippen molar-refractivity contribution >= 4 is 11.3 Å². The number of aromatic nitrogens is 1. The summed E-state index contributed by atoms with van der Waals surface area (Å²) in [5.74, 6) is 0. The zero-order valence-electron chi connectivity index (χ0n) is 15.3. The van der Waals surface area contributed by atoms with E-state index in [0.717, 1.165) is 31.2 Å². The van der Waals surface area contributed by atoms with Crippen LogP contribution in [0.1, 0.15) is 31.6 Å². The number of hydrogen-bond donors (Lipinski definition) is 1. The van der Waals surface area contributed by atoms with Crippen molar-refractivity contribution in [2.24, 2.45) is 0 Å². The van der Waals surface area contributed by atoms with Crippen molar-refractivity contribution in [3.8, 4) is 10.6 Å². The van der Waals surface area contributed by atoms with Crippen LogP contribution in [0.2, 0.25) is 0 Å². The van der Waals surface area contributed by atoms with E-state index in [1.165, 1.54) is 29.8 Å². The Kier molecular flexibility index (Phi) is 6.99. The van der Waals surface area contributed by atoms with Gasteiger partial charge in [0.2, 0.25) is 0 Å². The standard InChI is InChI=1S/C20H29N3OS/c1-16-14-23(15-17(2)24-16)11-7-6-10-21-12-19-13-22-20(25-19)18-8-4-3-5-9-18/h3-5,8-9,13,16-17,21H,6-7,10-12,14-15H2,1-2H3. The number of nitrogens with zero attached hydrogens (tertiary/aromatic N) is 2. The molecule has 2 atom stereocenters. The minimum Gasteiger partial charge on any atom is -0.373 e. The van der Waals surface area contributed by atoms with E-state index in [-0.39, 0.29) is 0 Å². The number of hydrogen-bond acceptors (Lipinski definition) is 5. The Bertz CT molecular complexity index is 621. The normalized spacial score (nSPS) is 21.5. The monoisotopic (exact) mass is 359 g/mol. The molecule has 5 heteroatoms. The number of rotatable bonds is 8. The third-order valence-electron chi connectivity index (χ3n) is 4.45. The molecule has 1 aliphatic rings. The van der Waals surface area contributed by atoms with E-state index in [1.54, 1.807) is 11.3 Å². The molecule has 0 saturated carbocycles. The maximum atomic E-state index is 5.79. The maximum Gasteiger partial charge on any atom is 0.123 e. The summed E-state index contributed by atoms with van der Waals surface area (Å²) < 4.78 is 5.79. The van der Waals surface area contributed by atoms with Gasteiger partial charge >= 0.3 is 0 Å². The number of morpholine rings is 1. The molecule has 2 heterocycles. The molecule has 2 unspecified atom stereocenters. The molecule has 0 aliphatic carbocycles. The van der Waals surface area contributed by atoms with Gasteiger partial charge in [-0.3, -0.25) is 4.90 Å². The van der Waals surface area contributed by atoms with Crippen molar-refractivity contribution in [2.45, 2.75) is 45.4 Å². The lowest BCUT2D eigenvalue weighted by atomic mass is 10.2. The first-order valence-corrected chi connectivity index (χ1v) is 10.1. The lowest BCUT2D eigenvalue weighted by Gasteiger charge is -2.35. The third kappa shape index (κ3) is 5.89. The Morgan fingerprint density at radius 1 is 1.16 bits per heavy atom. The fraction of sp³-hybridized carbons (Fsp3) is 0.550. The van der Waals surface area contributed by atoms with Crippen LogP contribution in [0.25, 0.3) is 10.6 Å². The predicted molar refractivity (Wildman–Crippen MR) is 105 cm³/mol. The number of thiazole rings is 1. The minimum absolute atomic E-state index is 0.368. The first-order chi connectivity index (χ1) is 12.2. The highest BCUT2D eigenvalue weighted by molar-refractivity contribution is 7.15. The SMILES string of the molecule is CC1CN(CCCCNCc2cnc(-c3ccccc3)s2)CC(C)O1. The molecule has 4 nitrogen and oxygen atoms in total. The van der Waals surface area contributed by atoms with Crippen molar-refractivity contribution in [1.82, 2.24) is 15.2 Å². The van der Waals surface area contributed by atoms with Gasteiger partial charge in [-0.25, -0.2) is 4.98 Å². The van der Waals surface area contributed by atoms with Crippen LogP contribution >= 0.6 is 11.3 Å². The Balaban J connectivity index is 1.31. The lowest BCUT2D eigenvalue weighted by molar-refractivity contribution is -0.0681. The van der Waals surface area contributed by atoms with Gasteiger partial charge in [0.15, 0.2) is 0 Å². The molecule has 0 amide bonds. The van der Waals surface area contributed by atoms with Crippen molar-refractivity contribution in [3.63, 3.8) is 0 Å². The van der Waals surface area contributed by atoms with Gasteiger partial charge in [0.05, 0.1) is 12.2 Å². The van der Waals surface area contributed by atoms with Crippen LogP contribution in [0.15, 0.2) is 36.5 Å². The molecule has 25 heavy (non-hydrogen) atoms. The van der Waals surface area contributed by atoms with E-state index < -0.39 is 0 Å². The van der Waals surface area contributed by atoms with Crippen LogP contribution in [0.5, 0.6) is 0 Å². The third-order valence-corrected chi connectivity index (χ3v) is 5.49. The minimum atomic E-state index is 0.368. The zero-order valence-corrected chi connectivity index (χ0v) is 16.1. The molecule has 0 radical (unpaired) electrons. The number of benzene rings is 1. The Morgan fingerprint density at radius 2 is 1.92 bits per heavy atom. The molecule has 0 bridgehead atoms. The fourth-order valence-corrected chi connectivity index (χ4v) is 4.25. The molecule has 1 fully saturated rings. The fourth-order valence-electron chi connectivity index (χ4n) is 3.37. The Hall–Kier alpha value is -1.27. The molecule has 1 aromatic heterocycles. The first-order valence-electron chi connectivity index (χ1n) is 9.29. The smallest absolute Gasteiger partial charge is 0.123 e. The summed E-state index contributed by atoms with van der Waals surface area (Å²) in [6, 6.07) is 10.4. The maximum absolute atomic E-state index is 5.79. The summed E-state index contributed by atoms with van der Waals surface area (Å²) in [6.45, 7) is 9.64. The molecule has 3 rings (SSSR count). The van der Waals surface area contributed by atoms with Gasteiger partial charge in [-0.2, -0.15) is 0 Å². The summed E-state index contributed by atoms with van der Waals surface area (Å²) in [4.78, 5) is 8.37. The molecule has 1 aromatic carbocycles. The van der Waals surface area contributed by atoms with E-state index in [4.69, 9.17) is 4.74 Å². The summed E-state index contributed by atoms with van der Waals surface area (Å²) in [6.07, 6.45) is 5.18. The summed E-state index contributed by atoms with van der Waals surface area (Å²) in [5.41, 5.74) is 1.20. The molecule has 2 aromatic rings. The molecular weight excluding hydrogens is 330 g/mol. The van der Waals surface area contributed by atoms with Gasteiger partial charge in [0.1, 0.15) is 5.01 Å². The van der Waals surface area contributed by atoms with Gasteiger partial charge in [-0.05, 0) is 39.8 Å². The zero-order chi connectivity index (χ0) is 17.5. The van der Waals surface area contributed by atoms with Crippen molar-refractivity contribution in [2.75, 3.05) is 26.2 Å². The average molecular weight is 360 g/mol.